The van der Waals surface area contributed by atoms with Gasteiger partial charge in [-0.25, -0.2) is 0 Å². The van der Waals surface area contributed by atoms with Crippen LogP contribution in [-0.4, -0.2) is 17.5 Å². The lowest BCUT2D eigenvalue weighted by atomic mass is 10.2. The first-order valence-electron chi connectivity index (χ1n) is 2.92. The van der Waals surface area contributed by atoms with Crippen LogP contribution in [-0.2, 0) is 0 Å². The highest BCUT2D eigenvalue weighted by molar-refractivity contribution is 5.85. The van der Waals surface area contributed by atoms with E-state index in [1.807, 2.05) is 0 Å². The zero-order valence-electron chi connectivity index (χ0n) is 5.77. The van der Waals surface area contributed by atoms with E-state index in [4.69, 9.17) is 10.8 Å². The Hall–Kier alpha value is -0.0000000000000000555. The van der Waals surface area contributed by atoms with Gasteiger partial charge < -0.3 is 10.8 Å². The van der Waals surface area contributed by atoms with Crippen molar-refractivity contribution in [2.24, 2.45) is 5.73 Å². The molecular weight excluding hydrogens is 183 g/mol. The van der Waals surface area contributed by atoms with Gasteiger partial charge in [-0.05, 0) is 12.8 Å². The van der Waals surface area contributed by atoms with Crippen LogP contribution in [0.1, 0.15) is 19.3 Å². The van der Waals surface area contributed by atoms with Gasteiger partial charge in [-0.3, -0.25) is 0 Å². The number of hydrogen-bond donors (Lipinski definition) is 2. The molecule has 0 aliphatic heterocycles. The van der Waals surface area contributed by atoms with Crippen molar-refractivity contribution >= 4 is 12.4 Å². The summed E-state index contributed by atoms with van der Waals surface area (Å²) in [6.07, 6.45) is -6.24. The molecule has 1 atom stereocenters. The Labute approximate surface area is 69.0 Å². The molecule has 1 unspecified atom stereocenters. The van der Waals surface area contributed by atoms with E-state index in [2.05, 4.69) is 0 Å². The largest absolute Gasteiger partial charge is 0.389 e. The maximum atomic E-state index is 11.4. The highest BCUT2D eigenvalue weighted by Crippen LogP contribution is 2.22. The molecule has 3 N–H and O–H groups in total. The summed E-state index contributed by atoms with van der Waals surface area (Å²) in [5.41, 5.74) is 4.81. The molecule has 0 amide bonds. The van der Waals surface area contributed by atoms with Crippen LogP contribution in [0.2, 0.25) is 0 Å². The van der Waals surface area contributed by atoms with Gasteiger partial charge in [0.2, 0.25) is 0 Å². The third-order valence-corrected chi connectivity index (χ3v) is 0.960. The second-order valence-corrected chi connectivity index (χ2v) is 2.07. The lowest BCUT2D eigenvalue weighted by Gasteiger charge is -2.06. The Morgan fingerprint density at radius 1 is 1.36 bits per heavy atom. The van der Waals surface area contributed by atoms with Crippen molar-refractivity contribution in [1.82, 2.24) is 0 Å². The van der Waals surface area contributed by atoms with Gasteiger partial charge in [-0.15, -0.1) is 12.4 Å². The maximum absolute atomic E-state index is 11.4. The van der Waals surface area contributed by atoms with Crippen molar-refractivity contribution in [3.8, 4) is 0 Å². The van der Waals surface area contributed by atoms with Crippen molar-refractivity contribution in [3.63, 3.8) is 0 Å². The molecule has 0 bridgehead atoms. The molecule has 0 heterocycles. The predicted octanol–water partition coefficient (Wildman–Crippen LogP) is 1.42. The number of aliphatic hydroxyl groups is 1. The summed E-state index contributed by atoms with van der Waals surface area (Å²) >= 11 is 0. The normalized spacial score (nSPS) is 13.9. The van der Waals surface area contributed by atoms with Crippen molar-refractivity contribution in [2.45, 2.75) is 31.7 Å². The molecule has 0 aromatic carbocycles. The molecule has 0 aromatic heterocycles. The Morgan fingerprint density at radius 2 is 1.82 bits per heavy atom. The molecule has 0 spiro atoms. The van der Waals surface area contributed by atoms with Crippen molar-refractivity contribution in [1.29, 1.82) is 0 Å². The number of rotatable bonds is 3. The molecule has 70 valence electrons. The highest BCUT2D eigenvalue weighted by Gasteiger charge is 2.26. The fourth-order valence-electron chi connectivity index (χ4n) is 0.512. The van der Waals surface area contributed by atoms with E-state index in [1.165, 1.54) is 0 Å². The summed E-state index contributed by atoms with van der Waals surface area (Å²) in [7, 11) is 0. The zero-order chi connectivity index (χ0) is 8.20. The first-order chi connectivity index (χ1) is 4.42. The van der Waals surface area contributed by atoms with Gasteiger partial charge in [0.25, 0.3) is 0 Å². The van der Waals surface area contributed by atoms with E-state index in [0.29, 0.717) is 0 Å². The minimum absolute atomic E-state index is 0. The molecule has 2 nitrogen and oxygen atoms in total. The standard InChI is InChI=1S/C5H10F3NO.ClH/c6-5(7,8)3-1-2-4(9)10;/h4,10H,1-3,9H2;1H. The van der Waals surface area contributed by atoms with E-state index >= 15 is 0 Å². The van der Waals surface area contributed by atoms with Gasteiger partial charge in [0.05, 0.1) is 0 Å². The molecule has 0 fully saturated rings. The zero-order valence-corrected chi connectivity index (χ0v) is 6.58. The third-order valence-electron chi connectivity index (χ3n) is 0.960. The average Bonchev–Trinajstić information content (AvgIpc) is 1.59. The van der Waals surface area contributed by atoms with E-state index in [1.54, 1.807) is 0 Å². The quantitative estimate of drug-likeness (QED) is 0.666. The summed E-state index contributed by atoms with van der Waals surface area (Å²) in [6.45, 7) is 0. The van der Waals surface area contributed by atoms with Crippen molar-refractivity contribution < 1.29 is 18.3 Å². The SMILES string of the molecule is Cl.NC(O)CCCC(F)(F)F. The Kier molecular flexibility index (Phi) is 6.94. The average molecular weight is 194 g/mol. The summed E-state index contributed by atoms with van der Waals surface area (Å²) < 4.78 is 34.2. The van der Waals surface area contributed by atoms with E-state index in [0.717, 1.165) is 0 Å². The monoisotopic (exact) mass is 193 g/mol. The number of halogens is 4. The summed E-state index contributed by atoms with van der Waals surface area (Å²) in [5.74, 6) is 0. The van der Waals surface area contributed by atoms with E-state index < -0.39 is 18.8 Å². The lowest BCUT2D eigenvalue weighted by molar-refractivity contribution is -0.136. The topological polar surface area (TPSA) is 46.2 Å². The van der Waals surface area contributed by atoms with Crippen LogP contribution in [0.5, 0.6) is 0 Å². The van der Waals surface area contributed by atoms with Crippen LogP contribution in [0.25, 0.3) is 0 Å². The van der Waals surface area contributed by atoms with E-state index in [9.17, 15) is 13.2 Å². The summed E-state index contributed by atoms with van der Waals surface area (Å²) in [6, 6.07) is 0. The van der Waals surface area contributed by atoms with Crippen LogP contribution in [0, 0.1) is 0 Å². The smallest absolute Gasteiger partial charge is 0.379 e. The Morgan fingerprint density at radius 3 is 2.09 bits per heavy atom. The fourth-order valence-corrected chi connectivity index (χ4v) is 0.512. The number of alkyl halides is 3. The molecule has 0 aromatic rings. The van der Waals surface area contributed by atoms with Gasteiger partial charge >= 0.3 is 6.18 Å². The van der Waals surface area contributed by atoms with Gasteiger partial charge in [-0.2, -0.15) is 13.2 Å². The first kappa shape index (κ1) is 13.6. The van der Waals surface area contributed by atoms with Crippen molar-refractivity contribution in [2.75, 3.05) is 0 Å². The Bertz CT molecular complexity index is 96.2. The van der Waals surface area contributed by atoms with Crippen LogP contribution < -0.4 is 5.73 Å². The second kappa shape index (κ2) is 5.62. The van der Waals surface area contributed by atoms with Crippen molar-refractivity contribution in [3.05, 3.63) is 0 Å². The number of nitrogens with two attached hydrogens (primary N) is 1. The second-order valence-electron chi connectivity index (χ2n) is 2.07. The molecule has 0 radical (unpaired) electrons. The predicted molar refractivity (Wildman–Crippen MR) is 37.3 cm³/mol. The van der Waals surface area contributed by atoms with Gasteiger partial charge in [0.1, 0.15) is 6.23 Å². The maximum Gasteiger partial charge on any atom is 0.389 e. The van der Waals surface area contributed by atoms with Gasteiger partial charge in [0, 0.05) is 6.42 Å². The number of aliphatic hydroxyl groups excluding tert-OH is 1. The van der Waals surface area contributed by atoms with Crippen LogP contribution in [0.3, 0.4) is 0 Å². The van der Waals surface area contributed by atoms with E-state index in [-0.39, 0.29) is 25.2 Å². The lowest BCUT2D eigenvalue weighted by Crippen LogP contribution is -2.19. The summed E-state index contributed by atoms with van der Waals surface area (Å²) in [5, 5.41) is 8.36. The van der Waals surface area contributed by atoms with Gasteiger partial charge in [-0.1, -0.05) is 0 Å². The van der Waals surface area contributed by atoms with Crippen LogP contribution in [0.15, 0.2) is 0 Å². The Balaban J connectivity index is 0. The van der Waals surface area contributed by atoms with Crippen LogP contribution >= 0.6 is 12.4 Å². The number of hydrogen-bond acceptors (Lipinski definition) is 2. The summed E-state index contributed by atoms with van der Waals surface area (Å²) in [4.78, 5) is 0. The minimum atomic E-state index is -4.13. The molecular formula is C5H11ClF3NO. The molecule has 0 saturated carbocycles. The van der Waals surface area contributed by atoms with Gasteiger partial charge in [0.15, 0.2) is 0 Å². The molecule has 11 heavy (non-hydrogen) atoms. The first-order valence-corrected chi connectivity index (χ1v) is 2.92. The fraction of sp³-hybridized carbons (Fsp3) is 1.00. The third kappa shape index (κ3) is 13.1. The molecule has 0 aliphatic rings. The minimum Gasteiger partial charge on any atom is -0.379 e. The molecule has 0 rings (SSSR count). The molecule has 0 aliphatic carbocycles. The highest BCUT2D eigenvalue weighted by atomic mass is 35.5. The molecule has 0 saturated heterocycles. The molecule has 6 heteroatoms. The van der Waals surface area contributed by atoms with Crippen LogP contribution in [0.4, 0.5) is 13.2 Å².